The van der Waals surface area contributed by atoms with Crippen molar-refractivity contribution >= 4 is 17.5 Å². The summed E-state index contributed by atoms with van der Waals surface area (Å²) in [4.78, 5) is 34.3. The van der Waals surface area contributed by atoms with Crippen LogP contribution < -0.4 is 10.6 Å². The van der Waals surface area contributed by atoms with Gasteiger partial charge < -0.3 is 10.6 Å². The van der Waals surface area contributed by atoms with E-state index in [0.717, 1.165) is 6.07 Å². The Morgan fingerprint density at radius 2 is 1.92 bits per heavy atom. The zero-order valence-corrected chi connectivity index (χ0v) is 14.1. The van der Waals surface area contributed by atoms with Gasteiger partial charge in [0.1, 0.15) is 11.9 Å². The second-order valence-corrected chi connectivity index (χ2v) is 5.64. The molecule has 0 aliphatic heterocycles. The number of nitrogens with one attached hydrogen (secondary N) is 2. The van der Waals surface area contributed by atoms with Gasteiger partial charge in [0.25, 0.3) is 11.6 Å². The van der Waals surface area contributed by atoms with Gasteiger partial charge in [-0.2, -0.15) is 0 Å². The summed E-state index contributed by atoms with van der Waals surface area (Å²) in [7, 11) is 0. The van der Waals surface area contributed by atoms with Gasteiger partial charge in [0.2, 0.25) is 5.91 Å². The number of carbonyl (C=O) groups is 2. The SMILES string of the molecule is CC(NC(=O)c1cccc([N+](=O)[O-])c1)C(=O)NCCc1ccccc1F. The Kier molecular flexibility index (Phi) is 6.37. The second-order valence-electron chi connectivity index (χ2n) is 5.64. The zero-order valence-electron chi connectivity index (χ0n) is 14.1. The number of hydrogen-bond donors (Lipinski definition) is 2. The van der Waals surface area contributed by atoms with Crippen LogP contribution in [0.3, 0.4) is 0 Å². The number of rotatable bonds is 7. The predicted octanol–water partition coefficient (Wildman–Crippen LogP) is 2.21. The standard InChI is InChI=1S/C18H18FN3O4/c1-12(17(23)20-10-9-13-5-2-3-8-16(13)19)21-18(24)14-6-4-7-15(11-14)22(25)26/h2-8,11-12H,9-10H2,1H3,(H,20,23)(H,21,24). The molecule has 8 heteroatoms. The van der Waals surface area contributed by atoms with E-state index in [4.69, 9.17) is 0 Å². The number of nitro benzene ring substituents is 1. The molecule has 1 unspecified atom stereocenters. The second kappa shape index (κ2) is 8.70. The summed E-state index contributed by atoms with van der Waals surface area (Å²) in [6, 6.07) is 10.7. The molecule has 0 saturated carbocycles. The quantitative estimate of drug-likeness (QED) is 0.584. The van der Waals surface area contributed by atoms with E-state index in [1.54, 1.807) is 18.2 Å². The molecule has 0 heterocycles. The minimum absolute atomic E-state index is 0.0882. The third-order valence-electron chi connectivity index (χ3n) is 3.71. The Balaban J connectivity index is 1.86. The average Bonchev–Trinajstić information content (AvgIpc) is 2.63. The largest absolute Gasteiger partial charge is 0.354 e. The van der Waals surface area contributed by atoms with Gasteiger partial charge >= 0.3 is 0 Å². The van der Waals surface area contributed by atoms with Crippen LogP contribution in [0.5, 0.6) is 0 Å². The van der Waals surface area contributed by atoms with Gasteiger partial charge in [-0.05, 0) is 31.0 Å². The highest BCUT2D eigenvalue weighted by Crippen LogP contribution is 2.13. The summed E-state index contributed by atoms with van der Waals surface area (Å²) in [6.45, 7) is 1.71. The van der Waals surface area contributed by atoms with Crippen molar-refractivity contribution in [2.24, 2.45) is 0 Å². The molecule has 2 aromatic carbocycles. The maximum atomic E-state index is 13.5. The molecule has 26 heavy (non-hydrogen) atoms. The topological polar surface area (TPSA) is 101 Å². The van der Waals surface area contributed by atoms with Crippen molar-refractivity contribution in [1.82, 2.24) is 10.6 Å². The van der Waals surface area contributed by atoms with Crippen LogP contribution in [0.4, 0.5) is 10.1 Å². The highest BCUT2D eigenvalue weighted by atomic mass is 19.1. The average molecular weight is 359 g/mol. The van der Waals surface area contributed by atoms with E-state index >= 15 is 0 Å². The normalized spacial score (nSPS) is 11.5. The highest BCUT2D eigenvalue weighted by molar-refractivity contribution is 5.97. The molecule has 0 bridgehead atoms. The molecular formula is C18H18FN3O4. The first-order chi connectivity index (χ1) is 12.4. The summed E-state index contributed by atoms with van der Waals surface area (Å²) >= 11 is 0. The van der Waals surface area contributed by atoms with Crippen LogP contribution in [-0.2, 0) is 11.2 Å². The Morgan fingerprint density at radius 1 is 1.19 bits per heavy atom. The Morgan fingerprint density at radius 3 is 2.62 bits per heavy atom. The van der Waals surface area contributed by atoms with Gasteiger partial charge in [0, 0.05) is 24.2 Å². The maximum absolute atomic E-state index is 13.5. The van der Waals surface area contributed by atoms with E-state index in [9.17, 15) is 24.1 Å². The number of halogens is 1. The molecule has 0 radical (unpaired) electrons. The van der Waals surface area contributed by atoms with Crippen LogP contribution >= 0.6 is 0 Å². The fraction of sp³-hybridized carbons (Fsp3) is 0.222. The number of carbonyl (C=O) groups excluding carboxylic acids is 2. The van der Waals surface area contributed by atoms with Crippen LogP contribution in [-0.4, -0.2) is 29.3 Å². The molecule has 7 nitrogen and oxygen atoms in total. The van der Waals surface area contributed by atoms with Crippen molar-refractivity contribution < 1.29 is 18.9 Å². The van der Waals surface area contributed by atoms with Crippen molar-refractivity contribution in [3.05, 3.63) is 75.6 Å². The summed E-state index contributed by atoms with van der Waals surface area (Å²) in [5.41, 5.74) is 0.367. The number of non-ortho nitro benzene ring substituents is 1. The van der Waals surface area contributed by atoms with Crippen molar-refractivity contribution in [2.45, 2.75) is 19.4 Å². The minimum Gasteiger partial charge on any atom is -0.354 e. The first kappa shape index (κ1) is 19.0. The molecule has 1 atom stereocenters. The number of hydrogen-bond acceptors (Lipinski definition) is 4. The lowest BCUT2D eigenvalue weighted by atomic mass is 10.1. The molecule has 0 saturated heterocycles. The zero-order chi connectivity index (χ0) is 19.1. The first-order valence-corrected chi connectivity index (χ1v) is 7.95. The summed E-state index contributed by atoms with van der Waals surface area (Å²) < 4.78 is 13.5. The summed E-state index contributed by atoms with van der Waals surface area (Å²) in [6.07, 6.45) is 0.323. The van der Waals surface area contributed by atoms with E-state index in [-0.39, 0.29) is 23.6 Å². The van der Waals surface area contributed by atoms with E-state index in [2.05, 4.69) is 10.6 Å². The fourth-order valence-electron chi connectivity index (χ4n) is 2.28. The molecule has 136 valence electrons. The molecule has 0 fully saturated rings. The third kappa shape index (κ3) is 5.10. The monoisotopic (exact) mass is 359 g/mol. The molecular weight excluding hydrogens is 341 g/mol. The third-order valence-corrected chi connectivity index (χ3v) is 3.71. The lowest BCUT2D eigenvalue weighted by molar-refractivity contribution is -0.384. The lowest BCUT2D eigenvalue weighted by Gasteiger charge is -2.14. The van der Waals surface area contributed by atoms with Crippen LogP contribution in [0.2, 0.25) is 0 Å². The predicted molar refractivity (Wildman–Crippen MR) is 93.1 cm³/mol. The summed E-state index contributed by atoms with van der Waals surface area (Å²) in [5, 5.41) is 15.8. The van der Waals surface area contributed by atoms with E-state index < -0.39 is 22.8 Å². The molecule has 2 N–H and O–H groups in total. The Labute approximate surface area is 149 Å². The van der Waals surface area contributed by atoms with Crippen LogP contribution in [0.25, 0.3) is 0 Å². The fourth-order valence-corrected chi connectivity index (χ4v) is 2.28. The summed E-state index contributed by atoms with van der Waals surface area (Å²) in [5.74, 6) is -1.36. The van der Waals surface area contributed by atoms with Gasteiger partial charge in [-0.3, -0.25) is 19.7 Å². The molecule has 2 rings (SSSR count). The first-order valence-electron chi connectivity index (χ1n) is 7.95. The number of amides is 2. The van der Waals surface area contributed by atoms with Crippen molar-refractivity contribution in [1.29, 1.82) is 0 Å². The van der Waals surface area contributed by atoms with Crippen molar-refractivity contribution in [3.63, 3.8) is 0 Å². The molecule has 0 aliphatic rings. The number of nitro groups is 1. The Hall–Kier alpha value is -3.29. The molecule has 2 aromatic rings. The number of nitrogens with zero attached hydrogens (tertiary/aromatic N) is 1. The minimum atomic E-state index is -0.845. The van der Waals surface area contributed by atoms with Gasteiger partial charge in [-0.25, -0.2) is 4.39 Å². The van der Waals surface area contributed by atoms with Gasteiger partial charge in [0.05, 0.1) is 4.92 Å². The van der Waals surface area contributed by atoms with Gasteiger partial charge in [-0.1, -0.05) is 24.3 Å². The maximum Gasteiger partial charge on any atom is 0.270 e. The van der Waals surface area contributed by atoms with Crippen molar-refractivity contribution in [3.8, 4) is 0 Å². The molecule has 0 aliphatic carbocycles. The molecule has 2 amide bonds. The van der Waals surface area contributed by atoms with Gasteiger partial charge in [0.15, 0.2) is 0 Å². The van der Waals surface area contributed by atoms with Crippen molar-refractivity contribution in [2.75, 3.05) is 6.54 Å². The number of benzene rings is 2. The lowest BCUT2D eigenvalue weighted by Crippen LogP contribution is -2.45. The molecule has 0 aromatic heterocycles. The van der Waals surface area contributed by atoms with Crippen LogP contribution in [0.15, 0.2) is 48.5 Å². The highest BCUT2D eigenvalue weighted by Gasteiger charge is 2.18. The van der Waals surface area contributed by atoms with E-state index in [0.29, 0.717) is 12.0 Å². The van der Waals surface area contributed by atoms with E-state index in [1.807, 2.05) is 0 Å². The smallest absolute Gasteiger partial charge is 0.270 e. The van der Waals surface area contributed by atoms with Crippen LogP contribution in [0.1, 0.15) is 22.8 Å². The Bertz CT molecular complexity index is 826. The van der Waals surface area contributed by atoms with Gasteiger partial charge in [-0.15, -0.1) is 0 Å². The van der Waals surface area contributed by atoms with Crippen LogP contribution in [0, 0.1) is 15.9 Å². The molecule has 0 spiro atoms. The van der Waals surface area contributed by atoms with E-state index in [1.165, 1.54) is 31.2 Å².